The van der Waals surface area contributed by atoms with Crippen LogP contribution in [-0.4, -0.2) is 6.18 Å². The Morgan fingerprint density at radius 3 is 1.50 bits per heavy atom. The van der Waals surface area contributed by atoms with Crippen molar-refractivity contribution in [1.29, 1.82) is 0 Å². The van der Waals surface area contributed by atoms with Gasteiger partial charge >= 0.3 is 6.18 Å². The first-order valence-corrected chi connectivity index (χ1v) is 2.32. The monoisotopic (exact) mass is 209 g/mol. The fourth-order valence-corrected chi connectivity index (χ4v) is 0. The summed E-state index contributed by atoms with van der Waals surface area (Å²) < 4.78 is 32.3. The summed E-state index contributed by atoms with van der Waals surface area (Å²) in [5.74, 6) is 0. The average molecular weight is 209 g/mol. The van der Waals surface area contributed by atoms with E-state index in [1.165, 1.54) is 0 Å². The predicted molar refractivity (Wildman–Crippen MR) is 24.4 cm³/mol. The molecule has 0 aliphatic carbocycles. The lowest BCUT2D eigenvalue weighted by Gasteiger charge is -1.94. The first-order chi connectivity index (χ1) is 2.56. The van der Waals surface area contributed by atoms with Crippen LogP contribution >= 0.6 is 22.6 Å². The standard InChI is InChI=1S/C2HF3I/c3-2(4,5)1-6/h1H. The number of halogens is 4. The molecule has 0 saturated heterocycles. The van der Waals surface area contributed by atoms with Gasteiger partial charge in [-0.05, 0) is 0 Å². The first-order valence-electron chi connectivity index (χ1n) is 1.07. The van der Waals surface area contributed by atoms with Gasteiger partial charge in [-0.15, -0.1) is 0 Å². The van der Waals surface area contributed by atoms with Gasteiger partial charge in [-0.2, -0.15) is 13.2 Å². The van der Waals surface area contributed by atoms with E-state index in [0.717, 1.165) is 22.6 Å². The Morgan fingerprint density at radius 2 is 1.50 bits per heavy atom. The van der Waals surface area contributed by atoms with Crippen molar-refractivity contribution in [1.82, 2.24) is 0 Å². The van der Waals surface area contributed by atoms with E-state index in [2.05, 4.69) is 0 Å². The second-order valence-corrected chi connectivity index (χ2v) is 1.27. The van der Waals surface area contributed by atoms with Crippen molar-refractivity contribution in [3.63, 3.8) is 0 Å². The smallest absolute Gasteiger partial charge is 0.170 e. The topological polar surface area (TPSA) is 0 Å². The van der Waals surface area contributed by atoms with Crippen molar-refractivity contribution in [3.05, 3.63) is 4.43 Å². The SMILES string of the molecule is FC(F)(F)[CH]I. The Kier molecular flexibility index (Phi) is 2.17. The fraction of sp³-hybridized carbons (Fsp3) is 0.500. The van der Waals surface area contributed by atoms with Crippen LogP contribution < -0.4 is 0 Å². The van der Waals surface area contributed by atoms with Crippen LogP contribution in [0.4, 0.5) is 13.2 Å². The van der Waals surface area contributed by atoms with Crippen LogP contribution in [0.15, 0.2) is 0 Å². The Balaban J connectivity index is 3.17. The van der Waals surface area contributed by atoms with Crippen molar-refractivity contribution in [3.8, 4) is 0 Å². The molecule has 0 aromatic rings. The van der Waals surface area contributed by atoms with E-state index in [4.69, 9.17) is 0 Å². The zero-order chi connectivity index (χ0) is 5.21. The van der Waals surface area contributed by atoms with Gasteiger partial charge in [-0.25, -0.2) is 0 Å². The minimum atomic E-state index is -4.10. The highest BCUT2D eigenvalue weighted by atomic mass is 127. The summed E-state index contributed by atoms with van der Waals surface area (Å²) in [4.78, 5) is 0. The quantitative estimate of drug-likeness (QED) is 0.536. The molecule has 1 radical (unpaired) electrons. The maximum Gasteiger partial charge on any atom is 0.401 e. The minimum Gasteiger partial charge on any atom is -0.170 e. The Hall–Kier alpha value is 0.520. The van der Waals surface area contributed by atoms with Crippen molar-refractivity contribution in [2.24, 2.45) is 0 Å². The van der Waals surface area contributed by atoms with Crippen molar-refractivity contribution >= 4 is 22.6 Å². The number of alkyl halides is 3. The summed E-state index contributed by atoms with van der Waals surface area (Å²) in [7, 11) is 0. The van der Waals surface area contributed by atoms with Gasteiger partial charge in [-0.3, -0.25) is 0 Å². The van der Waals surface area contributed by atoms with Crippen LogP contribution in [0, 0.1) is 4.43 Å². The highest BCUT2D eigenvalue weighted by Crippen LogP contribution is 2.21. The highest BCUT2D eigenvalue weighted by Gasteiger charge is 2.24. The van der Waals surface area contributed by atoms with Crippen LogP contribution in [0.3, 0.4) is 0 Å². The van der Waals surface area contributed by atoms with Crippen LogP contribution in [0.2, 0.25) is 0 Å². The van der Waals surface area contributed by atoms with Gasteiger partial charge in [0.05, 0.1) is 0 Å². The van der Waals surface area contributed by atoms with Gasteiger partial charge in [0.2, 0.25) is 0 Å². The van der Waals surface area contributed by atoms with Crippen molar-refractivity contribution in [2.75, 3.05) is 0 Å². The molecule has 0 bridgehead atoms. The third-order valence-electron chi connectivity index (χ3n) is 0.124. The van der Waals surface area contributed by atoms with E-state index in [1.807, 2.05) is 0 Å². The molecule has 0 aromatic heterocycles. The summed E-state index contributed by atoms with van der Waals surface area (Å²) in [5.41, 5.74) is 0. The molecule has 0 aromatic carbocycles. The summed E-state index contributed by atoms with van der Waals surface area (Å²) in [6.07, 6.45) is -4.10. The van der Waals surface area contributed by atoms with E-state index in [9.17, 15) is 13.2 Å². The van der Waals surface area contributed by atoms with Crippen molar-refractivity contribution in [2.45, 2.75) is 6.18 Å². The largest absolute Gasteiger partial charge is 0.401 e. The summed E-state index contributed by atoms with van der Waals surface area (Å²) in [6, 6.07) is 0. The van der Waals surface area contributed by atoms with Gasteiger partial charge in [0.1, 0.15) is 4.43 Å². The summed E-state index contributed by atoms with van der Waals surface area (Å²) in [5, 5.41) is 0. The Morgan fingerprint density at radius 1 is 1.33 bits per heavy atom. The van der Waals surface area contributed by atoms with Gasteiger partial charge in [-0.1, -0.05) is 22.6 Å². The van der Waals surface area contributed by atoms with Crippen LogP contribution in [0.5, 0.6) is 0 Å². The maximum absolute atomic E-state index is 10.7. The number of rotatable bonds is 0. The molecule has 4 heteroatoms. The molecular weight excluding hydrogens is 208 g/mol. The molecule has 0 spiro atoms. The molecule has 0 amide bonds. The first kappa shape index (κ1) is 6.52. The molecule has 6 heavy (non-hydrogen) atoms. The van der Waals surface area contributed by atoms with E-state index < -0.39 is 6.18 Å². The predicted octanol–water partition coefficient (Wildman–Crippen LogP) is 2.15. The Bertz CT molecular complexity index is 38.5. The van der Waals surface area contributed by atoms with Gasteiger partial charge < -0.3 is 0 Å². The molecule has 0 rings (SSSR count). The average Bonchev–Trinajstić information content (AvgIpc) is 1.35. The lowest BCUT2D eigenvalue weighted by atomic mass is 10.8. The minimum absolute atomic E-state index is 0.157. The maximum atomic E-state index is 10.7. The zero-order valence-electron chi connectivity index (χ0n) is 2.59. The molecule has 0 nitrogen and oxygen atoms in total. The van der Waals surface area contributed by atoms with Gasteiger partial charge in [0, 0.05) is 0 Å². The second kappa shape index (κ2) is 1.99. The second-order valence-electron chi connectivity index (χ2n) is 0.651. The van der Waals surface area contributed by atoms with Crippen LogP contribution in [0.25, 0.3) is 0 Å². The van der Waals surface area contributed by atoms with Crippen LogP contribution in [0.1, 0.15) is 0 Å². The Labute approximate surface area is 46.9 Å². The third-order valence-corrected chi connectivity index (χ3v) is 0.830. The molecule has 0 heterocycles. The van der Waals surface area contributed by atoms with Crippen LogP contribution in [-0.2, 0) is 0 Å². The highest BCUT2D eigenvalue weighted by molar-refractivity contribution is 14.1. The summed E-state index contributed by atoms with van der Waals surface area (Å²) >= 11 is 1.14. The lowest BCUT2D eigenvalue weighted by molar-refractivity contribution is -0.0850. The van der Waals surface area contributed by atoms with E-state index >= 15 is 0 Å². The zero-order valence-corrected chi connectivity index (χ0v) is 4.75. The van der Waals surface area contributed by atoms with Crippen molar-refractivity contribution < 1.29 is 13.2 Å². The molecule has 0 atom stereocenters. The van der Waals surface area contributed by atoms with E-state index in [1.54, 1.807) is 0 Å². The molecule has 0 N–H and O–H groups in total. The summed E-state index contributed by atoms with van der Waals surface area (Å²) in [6.45, 7) is 0. The number of hydrogen-bond acceptors (Lipinski definition) is 0. The van der Waals surface area contributed by atoms with E-state index in [0.29, 0.717) is 0 Å². The normalized spacial score (nSPS) is 12.0. The number of hydrogen-bond donors (Lipinski definition) is 0. The van der Waals surface area contributed by atoms with Gasteiger partial charge in [0.15, 0.2) is 0 Å². The van der Waals surface area contributed by atoms with Gasteiger partial charge in [0.25, 0.3) is 0 Å². The molecule has 0 unspecified atom stereocenters. The molecule has 0 aliphatic heterocycles. The lowest BCUT2D eigenvalue weighted by Crippen LogP contribution is -2.01. The van der Waals surface area contributed by atoms with E-state index in [-0.39, 0.29) is 4.43 Å². The molecule has 37 valence electrons. The molecule has 0 aliphatic rings. The third kappa shape index (κ3) is 4.52. The fourth-order valence-electron chi connectivity index (χ4n) is 0. The molecule has 0 fully saturated rings. The molecule has 0 saturated carbocycles. The molecular formula is C2HF3I.